The molecule has 1 aliphatic heterocycles. The number of fused-ring (bicyclic) bond motifs is 5. The van der Waals surface area contributed by atoms with E-state index in [1.54, 1.807) is 6.07 Å². The van der Waals surface area contributed by atoms with Gasteiger partial charge in [-0.1, -0.05) is 31.2 Å². The SMILES string of the molecule is CCCN1Cc2ccccc2-c2c1ccc1c(C)cc(=O)oc21. The minimum atomic E-state index is -0.284. The molecule has 1 aromatic heterocycles. The average molecular weight is 305 g/mol. The summed E-state index contributed by atoms with van der Waals surface area (Å²) in [5, 5.41) is 1.01. The predicted molar refractivity (Wildman–Crippen MR) is 94.0 cm³/mol. The summed E-state index contributed by atoms with van der Waals surface area (Å²) in [5.74, 6) is 0. The summed E-state index contributed by atoms with van der Waals surface area (Å²) in [6.45, 7) is 6.04. The summed E-state index contributed by atoms with van der Waals surface area (Å²) >= 11 is 0. The highest BCUT2D eigenvalue weighted by Gasteiger charge is 2.25. The van der Waals surface area contributed by atoms with Crippen molar-refractivity contribution in [1.29, 1.82) is 0 Å². The van der Waals surface area contributed by atoms with Crippen molar-refractivity contribution < 1.29 is 4.42 Å². The zero-order valence-corrected chi connectivity index (χ0v) is 13.4. The van der Waals surface area contributed by atoms with Crippen LogP contribution in [-0.2, 0) is 6.54 Å². The van der Waals surface area contributed by atoms with Gasteiger partial charge in [-0.2, -0.15) is 0 Å². The molecular weight excluding hydrogens is 286 g/mol. The van der Waals surface area contributed by atoms with Crippen LogP contribution in [-0.4, -0.2) is 6.54 Å². The number of hydrogen-bond donors (Lipinski definition) is 0. The maximum atomic E-state index is 11.9. The smallest absolute Gasteiger partial charge is 0.336 e. The molecule has 2 heterocycles. The second kappa shape index (κ2) is 5.27. The van der Waals surface area contributed by atoms with E-state index in [4.69, 9.17) is 4.42 Å². The van der Waals surface area contributed by atoms with Gasteiger partial charge >= 0.3 is 5.63 Å². The quantitative estimate of drug-likeness (QED) is 0.654. The van der Waals surface area contributed by atoms with Gasteiger partial charge in [0, 0.05) is 35.8 Å². The lowest BCUT2D eigenvalue weighted by Crippen LogP contribution is -2.27. The third kappa shape index (κ3) is 2.15. The molecule has 3 aromatic rings. The van der Waals surface area contributed by atoms with Gasteiger partial charge in [0.2, 0.25) is 0 Å². The molecule has 0 aliphatic carbocycles. The standard InChI is InChI=1S/C20H19NO2/c1-3-10-21-12-14-6-4-5-7-16(14)19-17(21)9-8-15-13(2)11-18(22)23-20(15)19/h4-9,11H,3,10,12H2,1-2H3. The zero-order valence-electron chi connectivity index (χ0n) is 13.4. The largest absolute Gasteiger partial charge is 0.422 e. The number of hydrogen-bond acceptors (Lipinski definition) is 3. The van der Waals surface area contributed by atoms with Crippen molar-refractivity contribution >= 4 is 16.7 Å². The summed E-state index contributed by atoms with van der Waals surface area (Å²) in [5.41, 5.74) is 6.06. The summed E-state index contributed by atoms with van der Waals surface area (Å²) in [4.78, 5) is 14.3. The van der Waals surface area contributed by atoms with E-state index >= 15 is 0 Å². The Morgan fingerprint density at radius 2 is 2.00 bits per heavy atom. The Morgan fingerprint density at radius 1 is 1.17 bits per heavy atom. The molecule has 0 atom stereocenters. The second-order valence-electron chi connectivity index (χ2n) is 6.16. The van der Waals surface area contributed by atoms with Crippen molar-refractivity contribution in [2.45, 2.75) is 26.8 Å². The highest BCUT2D eigenvalue weighted by Crippen LogP contribution is 2.43. The Kier molecular flexibility index (Phi) is 3.22. The van der Waals surface area contributed by atoms with Crippen molar-refractivity contribution in [2.75, 3.05) is 11.4 Å². The van der Waals surface area contributed by atoms with Crippen LogP contribution in [0.25, 0.3) is 22.1 Å². The van der Waals surface area contributed by atoms with Gasteiger partial charge in [-0.05, 0) is 42.2 Å². The van der Waals surface area contributed by atoms with Crippen molar-refractivity contribution in [3.05, 3.63) is 64.0 Å². The number of nitrogens with zero attached hydrogens (tertiary/aromatic N) is 1. The Bertz CT molecular complexity index is 956. The molecule has 0 fully saturated rings. The molecule has 3 heteroatoms. The molecule has 116 valence electrons. The van der Waals surface area contributed by atoms with Gasteiger partial charge in [-0.3, -0.25) is 0 Å². The van der Waals surface area contributed by atoms with E-state index in [1.165, 1.54) is 11.1 Å². The number of rotatable bonds is 2. The maximum Gasteiger partial charge on any atom is 0.336 e. The minimum absolute atomic E-state index is 0.284. The third-order valence-electron chi connectivity index (χ3n) is 4.58. The van der Waals surface area contributed by atoms with Crippen molar-refractivity contribution in [1.82, 2.24) is 0 Å². The molecule has 0 amide bonds. The number of benzene rings is 2. The van der Waals surface area contributed by atoms with E-state index in [1.807, 2.05) is 13.0 Å². The summed E-state index contributed by atoms with van der Waals surface area (Å²) in [6.07, 6.45) is 1.08. The summed E-state index contributed by atoms with van der Waals surface area (Å²) < 4.78 is 5.64. The van der Waals surface area contributed by atoms with Crippen LogP contribution in [0.4, 0.5) is 5.69 Å². The van der Waals surface area contributed by atoms with Crippen molar-refractivity contribution in [2.24, 2.45) is 0 Å². The first-order chi connectivity index (χ1) is 11.2. The van der Waals surface area contributed by atoms with E-state index in [9.17, 15) is 4.79 Å². The van der Waals surface area contributed by atoms with E-state index in [-0.39, 0.29) is 5.63 Å². The topological polar surface area (TPSA) is 33.5 Å². The first-order valence-electron chi connectivity index (χ1n) is 8.09. The highest BCUT2D eigenvalue weighted by molar-refractivity contribution is 6.02. The molecule has 0 bridgehead atoms. The lowest BCUT2D eigenvalue weighted by Gasteiger charge is -2.33. The lowest BCUT2D eigenvalue weighted by molar-refractivity contribution is 0.560. The Hall–Kier alpha value is -2.55. The second-order valence-corrected chi connectivity index (χ2v) is 6.16. The van der Waals surface area contributed by atoms with E-state index in [0.717, 1.165) is 41.7 Å². The number of anilines is 1. The van der Waals surface area contributed by atoms with Gasteiger partial charge in [-0.25, -0.2) is 4.79 Å². The van der Waals surface area contributed by atoms with Gasteiger partial charge < -0.3 is 9.32 Å². The molecule has 4 rings (SSSR count). The normalized spacial score (nSPS) is 13.0. The van der Waals surface area contributed by atoms with E-state index in [2.05, 4.69) is 42.2 Å². The van der Waals surface area contributed by atoms with Crippen LogP contribution < -0.4 is 10.5 Å². The van der Waals surface area contributed by atoms with Gasteiger partial charge in [-0.15, -0.1) is 0 Å². The van der Waals surface area contributed by atoms with Crippen molar-refractivity contribution in [3.8, 4) is 11.1 Å². The predicted octanol–water partition coefficient (Wildman–Crippen LogP) is 4.50. The molecule has 0 N–H and O–H groups in total. The van der Waals surface area contributed by atoms with E-state index < -0.39 is 0 Å². The zero-order chi connectivity index (χ0) is 16.0. The molecule has 0 saturated carbocycles. The van der Waals surface area contributed by atoms with Crippen LogP contribution in [0, 0.1) is 6.92 Å². The van der Waals surface area contributed by atoms with Gasteiger partial charge in [0.05, 0.1) is 0 Å². The fourth-order valence-corrected chi connectivity index (χ4v) is 3.56. The molecule has 3 nitrogen and oxygen atoms in total. The summed E-state index contributed by atoms with van der Waals surface area (Å²) in [6, 6.07) is 14.2. The van der Waals surface area contributed by atoms with Crippen LogP contribution in [0.1, 0.15) is 24.5 Å². The highest BCUT2D eigenvalue weighted by atomic mass is 16.4. The van der Waals surface area contributed by atoms with Crippen LogP contribution in [0.5, 0.6) is 0 Å². The molecule has 23 heavy (non-hydrogen) atoms. The molecule has 0 spiro atoms. The van der Waals surface area contributed by atoms with Crippen molar-refractivity contribution in [3.63, 3.8) is 0 Å². The van der Waals surface area contributed by atoms with Gasteiger partial charge in [0.1, 0.15) is 5.58 Å². The van der Waals surface area contributed by atoms with E-state index in [0.29, 0.717) is 5.58 Å². The first-order valence-corrected chi connectivity index (χ1v) is 8.09. The van der Waals surface area contributed by atoms with Crippen LogP contribution in [0.15, 0.2) is 51.7 Å². The van der Waals surface area contributed by atoms with Gasteiger partial charge in [0.25, 0.3) is 0 Å². The average Bonchev–Trinajstić information content (AvgIpc) is 2.54. The molecule has 0 saturated heterocycles. The van der Waals surface area contributed by atoms with Crippen LogP contribution in [0.2, 0.25) is 0 Å². The molecule has 0 radical (unpaired) electrons. The summed E-state index contributed by atoms with van der Waals surface area (Å²) in [7, 11) is 0. The monoisotopic (exact) mass is 305 g/mol. The Morgan fingerprint density at radius 3 is 2.83 bits per heavy atom. The fourth-order valence-electron chi connectivity index (χ4n) is 3.56. The lowest BCUT2D eigenvalue weighted by atomic mass is 9.91. The Labute approximate surface area is 135 Å². The molecule has 0 unspecified atom stereocenters. The molecule has 2 aromatic carbocycles. The molecule has 1 aliphatic rings. The van der Waals surface area contributed by atoms with Crippen LogP contribution >= 0.6 is 0 Å². The fraction of sp³-hybridized carbons (Fsp3) is 0.250. The Balaban J connectivity index is 2.12. The van der Waals surface area contributed by atoms with Gasteiger partial charge in [0.15, 0.2) is 0 Å². The number of aryl methyl sites for hydroxylation is 1. The minimum Gasteiger partial charge on any atom is -0.422 e. The first kappa shape index (κ1) is 14.1. The molecular formula is C20H19NO2. The third-order valence-corrected chi connectivity index (χ3v) is 4.58. The van der Waals surface area contributed by atoms with Crippen LogP contribution in [0.3, 0.4) is 0 Å². The maximum absolute atomic E-state index is 11.9.